The molecule has 0 aliphatic carbocycles. The zero-order valence-electron chi connectivity index (χ0n) is 11.5. The highest BCUT2D eigenvalue weighted by Crippen LogP contribution is 2.17. The average Bonchev–Trinajstić information content (AvgIpc) is 2.45. The molecule has 0 radical (unpaired) electrons. The SMILES string of the molecule is COCCN(CCO)C(=O)Nc1cc(C(=O)O)ccc1F. The van der Waals surface area contributed by atoms with E-state index in [4.69, 9.17) is 14.9 Å². The number of amides is 2. The van der Waals surface area contributed by atoms with Crippen molar-refractivity contribution in [1.29, 1.82) is 0 Å². The number of nitrogens with zero attached hydrogens (tertiary/aromatic N) is 1. The van der Waals surface area contributed by atoms with E-state index in [1.807, 2.05) is 0 Å². The highest BCUT2D eigenvalue weighted by atomic mass is 19.1. The van der Waals surface area contributed by atoms with Crippen LogP contribution >= 0.6 is 0 Å². The van der Waals surface area contributed by atoms with Gasteiger partial charge in [0.1, 0.15) is 5.82 Å². The molecule has 0 saturated heterocycles. The summed E-state index contributed by atoms with van der Waals surface area (Å²) in [7, 11) is 1.46. The molecule has 1 rings (SSSR count). The highest BCUT2D eigenvalue weighted by Gasteiger charge is 2.16. The number of methoxy groups -OCH3 is 1. The molecule has 7 nitrogen and oxygen atoms in total. The lowest BCUT2D eigenvalue weighted by atomic mass is 10.2. The van der Waals surface area contributed by atoms with Crippen LogP contribution < -0.4 is 5.32 Å². The molecule has 3 N–H and O–H groups in total. The third kappa shape index (κ3) is 5.01. The molecule has 1 aromatic carbocycles. The number of anilines is 1. The van der Waals surface area contributed by atoms with Gasteiger partial charge in [0.25, 0.3) is 0 Å². The van der Waals surface area contributed by atoms with Crippen molar-refractivity contribution in [3.63, 3.8) is 0 Å². The van der Waals surface area contributed by atoms with E-state index in [9.17, 15) is 14.0 Å². The number of urea groups is 1. The Morgan fingerprint density at radius 2 is 2.10 bits per heavy atom. The predicted molar refractivity (Wildman–Crippen MR) is 72.9 cm³/mol. The van der Waals surface area contributed by atoms with Crippen LogP contribution in [0.1, 0.15) is 10.4 Å². The lowest BCUT2D eigenvalue weighted by Gasteiger charge is -2.22. The van der Waals surface area contributed by atoms with Crippen molar-refractivity contribution in [2.24, 2.45) is 0 Å². The molecular formula is C13H17FN2O5. The second-order valence-corrected chi connectivity index (χ2v) is 4.13. The van der Waals surface area contributed by atoms with E-state index in [1.54, 1.807) is 0 Å². The van der Waals surface area contributed by atoms with E-state index in [0.717, 1.165) is 18.2 Å². The second-order valence-electron chi connectivity index (χ2n) is 4.13. The summed E-state index contributed by atoms with van der Waals surface area (Å²) in [4.78, 5) is 24.0. The van der Waals surface area contributed by atoms with Gasteiger partial charge in [-0.05, 0) is 18.2 Å². The fraction of sp³-hybridized carbons (Fsp3) is 0.385. The molecule has 0 aliphatic rings. The predicted octanol–water partition coefficient (Wildman–Crippen LogP) is 0.996. The number of carboxylic acid groups (broad SMARTS) is 1. The zero-order chi connectivity index (χ0) is 15.8. The van der Waals surface area contributed by atoms with Crippen LogP contribution in [0.5, 0.6) is 0 Å². The summed E-state index contributed by atoms with van der Waals surface area (Å²) in [5.74, 6) is -1.97. The van der Waals surface area contributed by atoms with E-state index in [1.165, 1.54) is 12.0 Å². The van der Waals surface area contributed by atoms with Gasteiger partial charge in [-0.1, -0.05) is 0 Å². The van der Waals surface area contributed by atoms with Gasteiger partial charge in [0, 0.05) is 20.2 Å². The minimum absolute atomic E-state index is 0.0510. The fourth-order valence-corrected chi connectivity index (χ4v) is 1.59. The average molecular weight is 300 g/mol. The number of hydrogen-bond acceptors (Lipinski definition) is 4. The largest absolute Gasteiger partial charge is 0.478 e. The van der Waals surface area contributed by atoms with Gasteiger partial charge >= 0.3 is 12.0 Å². The summed E-state index contributed by atoms with van der Waals surface area (Å²) in [6.45, 7) is 0.262. The van der Waals surface area contributed by atoms with Crippen LogP contribution in [-0.2, 0) is 4.74 Å². The molecule has 0 aliphatic heterocycles. The number of aromatic carboxylic acids is 1. The van der Waals surface area contributed by atoms with E-state index in [2.05, 4.69) is 5.32 Å². The third-order valence-electron chi connectivity index (χ3n) is 2.68. The van der Waals surface area contributed by atoms with Crippen LogP contribution in [0, 0.1) is 5.82 Å². The molecule has 0 heterocycles. The molecule has 0 fully saturated rings. The van der Waals surface area contributed by atoms with Gasteiger partial charge in [0.2, 0.25) is 0 Å². The molecule has 0 saturated carbocycles. The quantitative estimate of drug-likeness (QED) is 0.697. The third-order valence-corrected chi connectivity index (χ3v) is 2.68. The number of ether oxygens (including phenoxy) is 1. The smallest absolute Gasteiger partial charge is 0.335 e. The Hall–Kier alpha value is -2.19. The Balaban J connectivity index is 2.84. The number of hydrogen-bond donors (Lipinski definition) is 3. The molecule has 0 bridgehead atoms. The second kappa shape index (κ2) is 8.18. The Kier molecular flexibility index (Phi) is 6.57. The van der Waals surface area contributed by atoms with Crippen LogP contribution in [0.2, 0.25) is 0 Å². The van der Waals surface area contributed by atoms with E-state index in [0.29, 0.717) is 0 Å². The molecule has 116 valence electrons. The van der Waals surface area contributed by atoms with Gasteiger partial charge in [0.15, 0.2) is 0 Å². The first-order chi connectivity index (χ1) is 9.99. The lowest BCUT2D eigenvalue weighted by molar-refractivity contribution is 0.0697. The first-order valence-corrected chi connectivity index (χ1v) is 6.18. The van der Waals surface area contributed by atoms with Crippen molar-refractivity contribution in [2.75, 3.05) is 38.7 Å². The summed E-state index contributed by atoms with van der Waals surface area (Å²) in [6, 6.07) is 2.44. The molecule has 0 aromatic heterocycles. The van der Waals surface area contributed by atoms with Crippen molar-refractivity contribution in [1.82, 2.24) is 4.90 Å². The van der Waals surface area contributed by atoms with Gasteiger partial charge in [-0.15, -0.1) is 0 Å². The molecule has 0 atom stereocenters. The molecule has 1 aromatic rings. The van der Waals surface area contributed by atoms with Crippen LogP contribution in [0.4, 0.5) is 14.9 Å². The minimum Gasteiger partial charge on any atom is -0.478 e. The van der Waals surface area contributed by atoms with Crippen LogP contribution in [0.25, 0.3) is 0 Å². The maximum Gasteiger partial charge on any atom is 0.335 e. The molecule has 0 unspecified atom stereocenters. The summed E-state index contributed by atoms with van der Waals surface area (Å²) in [5.41, 5.74) is -0.377. The summed E-state index contributed by atoms with van der Waals surface area (Å²) < 4.78 is 18.4. The van der Waals surface area contributed by atoms with E-state index >= 15 is 0 Å². The van der Waals surface area contributed by atoms with Gasteiger partial charge in [-0.25, -0.2) is 14.0 Å². The van der Waals surface area contributed by atoms with Gasteiger partial charge < -0.3 is 25.2 Å². The number of carbonyl (C=O) groups excluding carboxylic acids is 1. The van der Waals surface area contributed by atoms with Crippen molar-refractivity contribution < 1.29 is 28.9 Å². The summed E-state index contributed by atoms with van der Waals surface area (Å²) in [6.07, 6.45) is 0. The molecular weight excluding hydrogens is 283 g/mol. The maximum atomic E-state index is 13.6. The fourth-order valence-electron chi connectivity index (χ4n) is 1.59. The Morgan fingerprint density at radius 1 is 1.38 bits per heavy atom. The van der Waals surface area contributed by atoms with Gasteiger partial charge in [-0.2, -0.15) is 0 Å². The summed E-state index contributed by atoms with van der Waals surface area (Å²) >= 11 is 0. The van der Waals surface area contributed by atoms with Crippen molar-refractivity contribution in [3.05, 3.63) is 29.6 Å². The molecule has 8 heteroatoms. The maximum absolute atomic E-state index is 13.6. The van der Waals surface area contributed by atoms with E-state index in [-0.39, 0.29) is 37.6 Å². The van der Waals surface area contributed by atoms with Crippen LogP contribution in [0.3, 0.4) is 0 Å². The highest BCUT2D eigenvalue weighted by molar-refractivity contribution is 5.93. The Bertz CT molecular complexity index is 509. The number of rotatable bonds is 7. The minimum atomic E-state index is -1.22. The lowest BCUT2D eigenvalue weighted by Crippen LogP contribution is -2.39. The normalized spacial score (nSPS) is 10.2. The topological polar surface area (TPSA) is 99.1 Å². The number of benzene rings is 1. The number of nitrogens with one attached hydrogen (secondary N) is 1. The number of carboxylic acids is 1. The van der Waals surface area contributed by atoms with Crippen molar-refractivity contribution >= 4 is 17.7 Å². The number of aliphatic hydroxyl groups excluding tert-OH is 1. The Labute approximate surface area is 120 Å². The molecule has 0 spiro atoms. The first-order valence-electron chi connectivity index (χ1n) is 6.18. The molecule has 21 heavy (non-hydrogen) atoms. The summed E-state index contributed by atoms with van der Waals surface area (Å²) in [5, 5.41) is 20.0. The zero-order valence-corrected chi connectivity index (χ0v) is 11.5. The Morgan fingerprint density at radius 3 is 2.67 bits per heavy atom. The van der Waals surface area contributed by atoms with Crippen molar-refractivity contribution in [2.45, 2.75) is 0 Å². The monoisotopic (exact) mass is 300 g/mol. The molecule has 2 amide bonds. The number of carbonyl (C=O) groups is 2. The van der Waals surface area contributed by atoms with E-state index < -0.39 is 17.8 Å². The standard InChI is InChI=1S/C13H17FN2O5/c1-21-7-5-16(4-6-17)13(20)15-11-8-9(12(18)19)2-3-10(11)14/h2-3,8,17H,4-7H2,1H3,(H,15,20)(H,18,19). The van der Waals surface area contributed by atoms with Gasteiger partial charge in [-0.3, -0.25) is 0 Å². The van der Waals surface area contributed by atoms with Crippen LogP contribution in [-0.4, -0.2) is 60.5 Å². The van der Waals surface area contributed by atoms with Crippen molar-refractivity contribution in [3.8, 4) is 0 Å². The first kappa shape index (κ1) is 16.9. The van der Waals surface area contributed by atoms with Gasteiger partial charge in [0.05, 0.1) is 24.5 Å². The number of halogens is 1. The number of aliphatic hydroxyl groups is 1. The van der Waals surface area contributed by atoms with Crippen LogP contribution in [0.15, 0.2) is 18.2 Å².